The number of nitrogens with one attached hydrogen (secondary N) is 1. The van der Waals surface area contributed by atoms with Crippen LogP contribution in [-0.2, 0) is 28.7 Å². The molecule has 3 aromatic rings. The number of sulfone groups is 1. The molecule has 1 aromatic heterocycles. The van der Waals surface area contributed by atoms with Crippen LogP contribution in [0.4, 0.5) is 0 Å². The molecule has 2 aromatic carbocycles. The second kappa shape index (κ2) is 8.61. The Bertz CT molecular complexity index is 1100. The van der Waals surface area contributed by atoms with E-state index in [1.807, 2.05) is 36.7 Å². The molecule has 0 saturated carbocycles. The van der Waals surface area contributed by atoms with Crippen LogP contribution in [0.15, 0.2) is 54.6 Å². The summed E-state index contributed by atoms with van der Waals surface area (Å²) in [7, 11) is -3.10. The van der Waals surface area contributed by atoms with Crippen LogP contribution in [-0.4, -0.2) is 30.4 Å². The lowest BCUT2D eigenvalue weighted by Gasteiger charge is -2.08. The van der Waals surface area contributed by atoms with E-state index in [1.54, 1.807) is 24.3 Å². The van der Waals surface area contributed by atoms with E-state index >= 15 is 0 Å². The summed E-state index contributed by atoms with van der Waals surface area (Å²) >= 11 is 0. The molecule has 0 atom stereocenters. The van der Waals surface area contributed by atoms with Crippen LogP contribution in [0.25, 0.3) is 0 Å². The Balaban J connectivity index is 1.66. The first-order chi connectivity index (χ1) is 13.7. The molecule has 1 N–H and O–H groups in total. The highest BCUT2D eigenvalue weighted by atomic mass is 32.2. The Morgan fingerprint density at radius 1 is 1.00 bits per heavy atom. The quantitative estimate of drug-likeness (QED) is 0.648. The highest BCUT2D eigenvalue weighted by Gasteiger charge is 2.14. The van der Waals surface area contributed by atoms with Crippen LogP contribution in [0.2, 0.25) is 0 Å². The monoisotopic (exact) mass is 411 g/mol. The molecular weight excluding hydrogens is 386 g/mol. The Labute approximate surface area is 171 Å². The molecule has 7 heteroatoms. The van der Waals surface area contributed by atoms with E-state index in [-0.39, 0.29) is 11.7 Å². The first-order valence-corrected chi connectivity index (χ1v) is 11.4. The third kappa shape index (κ3) is 5.54. The number of aromatic nitrogens is 2. The highest BCUT2D eigenvalue weighted by Crippen LogP contribution is 2.15. The van der Waals surface area contributed by atoms with Crippen LogP contribution in [0.3, 0.4) is 0 Å². The number of carbonyl (C=O) groups is 1. The number of aryl methyl sites for hydroxylation is 1. The molecule has 6 nitrogen and oxygen atoms in total. The van der Waals surface area contributed by atoms with E-state index in [2.05, 4.69) is 22.5 Å². The van der Waals surface area contributed by atoms with Gasteiger partial charge in [-0.3, -0.25) is 9.48 Å². The summed E-state index contributed by atoms with van der Waals surface area (Å²) in [5, 5.41) is 7.54. The maximum absolute atomic E-state index is 12.5. The van der Waals surface area contributed by atoms with Gasteiger partial charge in [-0.25, -0.2) is 8.42 Å². The van der Waals surface area contributed by atoms with Crippen molar-refractivity contribution in [1.82, 2.24) is 15.1 Å². The fourth-order valence-corrected chi connectivity index (χ4v) is 4.02. The Hall–Kier alpha value is -2.93. The first kappa shape index (κ1) is 20.8. The molecule has 0 aliphatic heterocycles. The molecule has 0 bridgehead atoms. The van der Waals surface area contributed by atoms with Gasteiger partial charge in [-0.1, -0.05) is 42.5 Å². The minimum atomic E-state index is -3.10. The number of benzene rings is 2. The zero-order chi connectivity index (χ0) is 21.0. The fraction of sp³-hybridized carbons (Fsp3) is 0.273. The minimum absolute atomic E-state index is 0.0338. The molecule has 0 aliphatic rings. The Kier molecular flexibility index (Phi) is 6.17. The van der Waals surface area contributed by atoms with Crippen molar-refractivity contribution < 1.29 is 13.2 Å². The third-order valence-electron chi connectivity index (χ3n) is 4.78. The van der Waals surface area contributed by atoms with E-state index in [4.69, 9.17) is 0 Å². The lowest BCUT2D eigenvalue weighted by molar-refractivity contribution is 0.0951. The molecule has 0 radical (unpaired) electrons. The number of carbonyl (C=O) groups excluding carboxylic acids is 1. The summed E-state index contributed by atoms with van der Waals surface area (Å²) in [5.41, 5.74) is 5.25. The summed E-state index contributed by atoms with van der Waals surface area (Å²) in [4.78, 5) is 12.5. The van der Waals surface area contributed by atoms with Crippen molar-refractivity contribution in [2.75, 3.05) is 6.26 Å². The maximum atomic E-state index is 12.5. The van der Waals surface area contributed by atoms with Gasteiger partial charge in [-0.15, -0.1) is 0 Å². The number of amides is 1. The molecular formula is C22H25N3O3S. The van der Waals surface area contributed by atoms with Crippen LogP contribution < -0.4 is 5.32 Å². The van der Waals surface area contributed by atoms with Crippen molar-refractivity contribution in [2.45, 2.75) is 32.7 Å². The van der Waals surface area contributed by atoms with Gasteiger partial charge in [0.05, 0.1) is 18.0 Å². The molecule has 152 valence electrons. The van der Waals surface area contributed by atoms with Gasteiger partial charge in [0.25, 0.3) is 5.91 Å². The largest absolute Gasteiger partial charge is 0.348 e. The van der Waals surface area contributed by atoms with Crippen LogP contribution in [0.5, 0.6) is 0 Å². The zero-order valence-electron chi connectivity index (χ0n) is 16.8. The van der Waals surface area contributed by atoms with Gasteiger partial charge in [0.15, 0.2) is 9.84 Å². The predicted molar refractivity (Wildman–Crippen MR) is 113 cm³/mol. The van der Waals surface area contributed by atoms with Gasteiger partial charge in [0, 0.05) is 29.6 Å². The van der Waals surface area contributed by atoms with Crippen molar-refractivity contribution in [3.8, 4) is 0 Å². The van der Waals surface area contributed by atoms with Crippen molar-refractivity contribution >= 4 is 15.7 Å². The van der Waals surface area contributed by atoms with Crippen LogP contribution >= 0.6 is 0 Å². The maximum Gasteiger partial charge on any atom is 0.251 e. The number of hydrogen-bond acceptors (Lipinski definition) is 4. The second-order valence-electron chi connectivity index (χ2n) is 7.24. The van der Waals surface area contributed by atoms with E-state index in [0.29, 0.717) is 24.2 Å². The Morgan fingerprint density at radius 3 is 2.28 bits per heavy atom. The smallest absolute Gasteiger partial charge is 0.251 e. The molecule has 1 amide bonds. The number of hydrogen-bond donors (Lipinski definition) is 1. The van der Waals surface area contributed by atoms with Crippen molar-refractivity contribution in [1.29, 1.82) is 0 Å². The van der Waals surface area contributed by atoms with Crippen LogP contribution in [0.1, 0.15) is 38.4 Å². The molecule has 0 fully saturated rings. The average molecular weight is 412 g/mol. The molecule has 1 heterocycles. The Morgan fingerprint density at radius 2 is 1.66 bits per heavy atom. The van der Waals surface area contributed by atoms with E-state index in [9.17, 15) is 13.2 Å². The van der Waals surface area contributed by atoms with E-state index in [0.717, 1.165) is 17.0 Å². The molecule has 0 saturated heterocycles. The SMILES string of the molecule is Cc1nn(Cc2ccccc2)c(C)c1CNC(=O)c1ccc(CS(C)(=O)=O)cc1. The summed E-state index contributed by atoms with van der Waals surface area (Å²) in [5.74, 6) is -0.237. The van der Waals surface area contributed by atoms with Crippen molar-refractivity contribution in [3.63, 3.8) is 0 Å². The van der Waals surface area contributed by atoms with E-state index < -0.39 is 9.84 Å². The highest BCUT2D eigenvalue weighted by molar-refractivity contribution is 7.89. The standard InChI is InChI=1S/C22H25N3O3S/c1-16-21(17(2)25(24-16)14-18-7-5-4-6-8-18)13-23-22(26)20-11-9-19(10-12-20)15-29(3,27)28/h4-12H,13-15H2,1-3H3,(H,23,26). The second-order valence-corrected chi connectivity index (χ2v) is 9.38. The van der Waals surface area contributed by atoms with Gasteiger partial charge < -0.3 is 5.32 Å². The summed E-state index contributed by atoms with van der Waals surface area (Å²) in [6.07, 6.45) is 1.19. The van der Waals surface area contributed by atoms with Gasteiger partial charge in [-0.05, 0) is 37.1 Å². The molecule has 29 heavy (non-hydrogen) atoms. The van der Waals surface area contributed by atoms with E-state index in [1.165, 1.54) is 11.8 Å². The lowest BCUT2D eigenvalue weighted by Crippen LogP contribution is -2.23. The molecule has 0 unspecified atom stereocenters. The normalized spacial score (nSPS) is 11.4. The molecule has 0 aliphatic carbocycles. The summed E-state index contributed by atoms with van der Waals surface area (Å²) in [6.45, 7) is 5.01. The van der Waals surface area contributed by atoms with Crippen LogP contribution in [0, 0.1) is 13.8 Å². The number of rotatable bonds is 7. The lowest BCUT2D eigenvalue weighted by atomic mass is 10.1. The van der Waals surface area contributed by atoms with Crippen molar-refractivity contribution in [2.24, 2.45) is 0 Å². The third-order valence-corrected chi connectivity index (χ3v) is 5.63. The fourth-order valence-electron chi connectivity index (χ4n) is 3.23. The first-order valence-electron chi connectivity index (χ1n) is 9.34. The summed E-state index contributed by atoms with van der Waals surface area (Å²) < 4.78 is 24.7. The molecule has 0 spiro atoms. The topological polar surface area (TPSA) is 81.1 Å². The van der Waals surface area contributed by atoms with Crippen molar-refractivity contribution in [3.05, 3.63) is 88.2 Å². The van der Waals surface area contributed by atoms with Gasteiger partial charge in [0.1, 0.15) is 0 Å². The van der Waals surface area contributed by atoms with Gasteiger partial charge in [-0.2, -0.15) is 5.10 Å². The summed E-state index contributed by atoms with van der Waals surface area (Å²) in [6, 6.07) is 16.8. The zero-order valence-corrected chi connectivity index (χ0v) is 17.7. The minimum Gasteiger partial charge on any atom is -0.348 e. The number of nitrogens with zero attached hydrogens (tertiary/aromatic N) is 2. The average Bonchev–Trinajstić information content (AvgIpc) is 2.93. The van der Waals surface area contributed by atoms with Gasteiger partial charge in [0.2, 0.25) is 0 Å². The molecule has 3 rings (SSSR count). The van der Waals surface area contributed by atoms with Gasteiger partial charge >= 0.3 is 0 Å². The predicted octanol–water partition coefficient (Wildman–Crippen LogP) is 3.02.